The number of rotatable bonds is 3. The summed E-state index contributed by atoms with van der Waals surface area (Å²) in [5.74, 6) is 0.774. The number of furan rings is 1. The van der Waals surface area contributed by atoms with Crippen LogP contribution in [0.1, 0.15) is 58.4 Å². The second kappa shape index (κ2) is 5.10. The predicted molar refractivity (Wildman–Crippen MR) is 89.1 cm³/mol. The Morgan fingerprint density at radius 3 is 2.87 bits per heavy atom. The van der Waals surface area contributed by atoms with Gasteiger partial charge >= 0.3 is 0 Å². The highest BCUT2D eigenvalue weighted by Gasteiger charge is 2.67. The van der Waals surface area contributed by atoms with Crippen LogP contribution >= 0.6 is 0 Å². The molecule has 3 aliphatic rings. The molecule has 2 heterocycles. The Hall–Kier alpha value is -0.800. The summed E-state index contributed by atoms with van der Waals surface area (Å²) in [4.78, 5) is 0. The number of hydrogen-bond acceptors (Lipinski definition) is 3. The minimum absolute atomic E-state index is 0.0391. The van der Waals surface area contributed by atoms with Crippen LogP contribution in [0.4, 0.5) is 0 Å². The lowest BCUT2D eigenvalue weighted by Gasteiger charge is -2.62. The Kier molecular flexibility index (Phi) is 3.48. The summed E-state index contributed by atoms with van der Waals surface area (Å²) < 4.78 is 11.4. The molecule has 1 aromatic heterocycles. The molecule has 6 atom stereocenters. The van der Waals surface area contributed by atoms with Crippen LogP contribution in [0, 0.1) is 22.7 Å². The molecule has 2 saturated carbocycles. The molecule has 3 heteroatoms. The minimum Gasteiger partial charge on any atom is -0.472 e. The molecule has 0 radical (unpaired) electrons. The smallest absolute Gasteiger partial charge is 0.0934 e. The summed E-state index contributed by atoms with van der Waals surface area (Å²) in [6, 6.07) is 2.02. The fourth-order valence-corrected chi connectivity index (χ4v) is 6.45. The van der Waals surface area contributed by atoms with Gasteiger partial charge in [0, 0.05) is 11.3 Å². The number of aryl methyl sites for hydroxylation is 1. The van der Waals surface area contributed by atoms with E-state index in [0.29, 0.717) is 12.0 Å². The fourth-order valence-electron chi connectivity index (χ4n) is 6.45. The summed E-state index contributed by atoms with van der Waals surface area (Å²) in [5, 5.41) is 11.9. The monoisotopic (exact) mass is 318 g/mol. The standard InChI is InChI=1S/C20H30O3/c1-14-11-16-17-18(2,13-23-16)7-4-8-19(17,3)20(14,21)9-5-15-6-10-22-12-15/h6,10,12,14,16-17,21H,4-5,7-9,11,13H2,1-3H3/t14-,16-,17?,18-,19-,20-/m1/s1. The molecule has 1 aliphatic heterocycles. The van der Waals surface area contributed by atoms with Crippen molar-refractivity contribution in [2.24, 2.45) is 22.7 Å². The average Bonchev–Trinajstić information content (AvgIpc) is 3.12. The first kappa shape index (κ1) is 15.7. The molecule has 3 nitrogen and oxygen atoms in total. The van der Waals surface area contributed by atoms with Crippen molar-refractivity contribution >= 4 is 0 Å². The van der Waals surface area contributed by atoms with Gasteiger partial charge in [-0.15, -0.1) is 0 Å². The zero-order valence-corrected chi connectivity index (χ0v) is 14.7. The Balaban J connectivity index is 1.67. The molecule has 0 aromatic carbocycles. The quantitative estimate of drug-likeness (QED) is 0.908. The third-order valence-corrected chi connectivity index (χ3v) is 7.65. The lowest BCUT2D eigenvalue weighted by Crippen LogP contribution is -2.65. The molecule has 0 spiro atoms. The van der Waals surface area contributed by atoms with Gasteiger partial charge in [0.05, 0.1) is 30.8 Å². The van der Waals surface area contributed by atoms with Crippen molar-refractivity contribution in [3.05, 3.63) is 24.2 Å². The maximum atomic E-state index is 11.9. The van der Waals surface area contributed by atoms with E-state index in [1.165, 1.54) is 18.4 Å². The minimum atomic E-state index is -0.610. The topological polar surface area (TPSA) is 42.6 Å². The molecule has 1 aromatic rings. The van der Waals surface area contributed by atoms with Gasteiger partial charge in [0.25, 0.3) is 0 Å². The van der Waals surface area contributed by atoms with Gasteiger partial charge in [-0.3, -0.25) is 0 Å². The van der Waals surface area contributed by atoms with E-state index in [2.05, 4.69) is 20.8 Å². The Morgan fingerprint density at radius 1 is 1.30 bits per heavy atom. The third kappa shape index (κ3) is 2.09. The summed E-state index contributed by atoms with van der Waals surface area (Å²) in [6.45, 7) is 7.84. The van der Waals surface area contributed by atoms with Crippen LogP contribution in [0.25, 0.3) is 0 Å². The maximum Gasteiger partial charge on any atom is 0.0934 e. The lowest BCUT2D eigenvalue weighted by atomic mass is 9.44. The molecular formula is C20H30O3. The van der Waals surface area contributed by atoms with Crippen molar-refractivity contribution in [1.29, 1.82) is 0 Å². The highest BCUT2D eigenvalue weighted by Crippen LogP contribution is 2.66. The van der Waals surface area contributed by atoms with E-state index in [9.17, 15) is 5.11 Å². The summed E-state index contributed by atoms with van der Waals surface area (Å²) in [6.07, 6.45) is 10.2. The van der Waals surface area contributed by atoms with Crippen LogP contribution in [0.3, 0.4) is 0 Å². The normalized spacial score (nSPS) is 49.1. The van der Waals surface area contributed by atoms with Crippen LogP contribution in [-0.2, 0) is 11.2 Å². The molecule has 23 heavy (non-hydrogen) atoms. The third-order valence-electron chi connectivity index (χ3n) is 7.65. The summed E-state index contributed by atoms with van der Waals surface area (Å²) in [7, 11) is 0. The van der Waals surface area contributed by atoms with E-state index in [4.69, 9.17) is 9.15 Å². The van der Waals surface area contributed by atoms with E-state index in [1.807, 2.05) is 12.3 Å². The second-order valence-corrected chi connectivity index (χ2v) is 8.94. The van der Waals surface area contributed by atoms with Gasteiger partial charge in [-0.25, -0.2) is 0 Å². The molecule has 1 unspecified atom stereocenters. The van der Waals surface area contributed by atoms with Crippen LogP contribution < -0.4 is 0 Å². The second-order valence-electron chi connectivity index (χ2n) is 8.94. The van der Waals surface area contributed by atoms with Gasteiger partial charge in [-0.1, -0.05) is 27.2 Å². The van der Waals surface area contributed by atoms with E-state index in [1.54, 1.807) is 6.26 Å². The van der Waals surface area contributed by atoms with Crippen molar-refractivity contribution in [1.82, 2.24) is 0 Å². The molecule has 2 aliphatic carbocycles. The van der Waals surface area contributed by atoms with Gasteiger partial charge in [-0.05, 0) is 55.1 Å². The Bertz CT molecular complexity index is 567. The molecule has 4 rings (SSSR count). The van der Waals surface area contributed by atoms with Gasteiger partial charge < -0.3 is 14.3 Å². The highest BCUT2D eigenvalue weighted by atomic mass is 16.5. The molecular weight excluding hydrogens is 288 g/mol. The lowest BCUT2D eigenvalue weighted by molar-refractivity contribution is -0.217. The first-order chi connectivity index (χ1) is 10.9. The highest BCUT2D eigenvalue weighted by molar-refractivity contribution is 5.17. The van der Waals surface area contributed by atoms with Gasteiger partial charge in [0.15, 0.2) is 0 Å². The molecule has 0 bridgehead atoms. The van der Waals surface area contributed by atoms with Crippen molar-refractivity contribution in [2.75, 3.05) is 6.61 Å². The van der Waals surface area contributed by atoms with Crippen molar-refractivity contribution in [3.8, 4) is 0 Å². The van der Waals surface area contributed by atoms with Crippen molar-refractivity contribution in [3.63, 3.8) is 0 Å². The zero-order chi connectivity index (χ0) is 16.3. The Labute approximate surface area is 139 Å². The van der Waals surface area contributed by atoms with E-state index >= 15 is 0 Å². The van der Waals surface area contributed by atoms with E-state index in [0.717, 1.165) is 32.3 Å². The predicted octanol–water partition coefficient (Wildman–Crippen LogP) is 4.19. The Morgan fingerprint density at radius 2 is 2.13 bits per heavy atom. The SMILES string of the molecule is C[C@@H]1C[C@H]2OC[C@@]3(C)CCC[C@](C)(C23)[C@@]1(O)CCc1ccoc1. The van der Waals surface area contributed by atoms with Gasteiger partial charge in [-0.2, -0.15) is 0 Å². The average molecular weight is 318 g/mol. The van der Waals surface area contributed by atoms with Crippen molar-refractivity contribution < 1.29 is 14.3 Å². The number of ether oxygens (including phenoxy) is 1. The summed E-state index contributed by atoms with van der Waals surface area (Å²) >= 11 is 0. The molecule has 1 saturated heterocycles. The van der Waals surface area contributed by atoms with Crippen molar-refractivity contribution in [2.45, 2.75) is 71.0 Å². The van der Waals surface area contributed by atoms with Crippen LogP contribution in [-0.4, -0.2) is 23.4 Å². The molecule has 3 fully saturated rings. The first-order valence-electron chi connectivity index (χ1n) is 9.24. The number of hydrogen-bond donors (Lipinski definition) is 1. The molecule has 128 valence electrons. The summed E-state index contributed by atoms with van der Waals surface area (Å²) in [5.41, 5.74) is 0.794. The first-order valence-corrected chi connectivity index (χ1v) is 9.24. The maximum absolute atomic E-state index is 11.9. The van der Waals surface area contributed by atoms with Gasteiger partial charge in [0.2, 0.25) is 0 Å². The molecule has 0 amide bonds. The van der Waals surface area contributed by atoms with E-state index < -0.39 is 5.60 Å². The van der Waals surface area contributed by atoms with E-state index in [-0.39, 0.29) is 16.7 Å². The van der Waals surface area contributed by atoms with Gasteiger partial charge in [0.1, 0.15) is 0 Å². The van der Waals surface area contributed by atoms with Crippen LogP contribution in [0.15, 0.2) is 23.0 Å². The largest absolute Gasteiger partial charge is 0.472 e. The zero-order valence-electron chi connectivity index (χ0n) is 14.7. The number of aliphatic hydroxyl groups is 1. The fraction of sp³-hybridized carbons (Fsp3) is 0.800. The molecule has 1 N–H and O–H groups in total. The van der Waals surface area contributed by atoms with Crippen LogP contribution in [0.5, 0.6) is 0 Å². The van der Waals surface area contributed by atoms with Crippen LogP contribution in [0.2, 0.25) is 0 Å².